The summed E-state index contributed by atoms with van der Waals surface area (Å²) in [5, 5.41) is 0. The molecule has 5 rings (SSSR count). The van der Waals surface area contributed by atoms with Crippen LogP contribution in [0.3, 0.4) is 0 Å². The number of piperidine rings is 1. The van der Waals surface area contributed by atoms with Crippen LogP contribution in [-0.4, -0.2) is 37.5 Å². The van der Waals surface area contributed by atoms with Crippen molar-refractivity contribution in [2.45, 2.75) is 30.0 Å². The van der Waals surface area contributed by atoms with E-state index >= 15 is 0 Å². The van der Waals surface area contributed by atoms with E-state index in [0.717, 1.165) is 18.6 Å². The van der Waals surface area contributed by atoms with Gasteiger partial charge in [-0.25, -0.2) is 8.42 Å². The second kappa shape index (κ2) is 8.53. The third-order valence-electron chi connectivity index (χ3n) is 6.77. The lowest BCUT2D eigenvalue weighted by Gasteiger charge is -2.42. The molecule has 2 bridgehead atoms. The van der Waals surface area contributed by atoms with Crippen molar-refractivity contribution in [2.75, 3.05) is 20.2 Å². The monoisotopic (exact) mass is 504 g/mol. The van der Waals surface area contributed by atoms with Gasteiger partial charge in [0.25, 0.3) is 5.56 Å². The summed E-state index contributed by atoms with van der Waals surface area (Å²) in [5.41, 5.74) is -0.0601. The van der Waals surface area contributed by atoms with Gasteiger partial charge in [0.15, 0.2) is 0 Å². The molecule has 10 heteroatoms. The highest BCUT2D eigenvalue weighted by Crippen LogP contribution is 2.38. The summed E-state index contributed by atoms with van der Waals surface area (Å²) < 4.78 is 74.2. The highest BCUT2D eigenvalue weighted by atomic mass is 32.2. The molecule has 1 saturated heterocycles. The average molecular weight is 505 g/mol. The first-order valence-electron chi connectivity index (χ1n) is 11.1. The maximum Gasteiger partial charge on any atom is 0.416 e. The predicted molar refractivity (Wildman–Crippen MR) is 124 cm³/mol. The molecule has 35 heavy (non-hydrogen) atoms. The number of ether oxygens (including phenoxy) is 1. The fourth-order valence-electron chi connectivity index (χ4n) is 5.08. The summed E-state index contributed by atoms with van der Waals surface area (Å²) in [6.45, 7) is 0.809. The van der Waals surface area contributed by atoms with Crippen LogP contribution in [0.25, 0.3) is 11.1 Å². The Bertz CT molecular complexity index is 1430. The van der Waals surface area contributed by atoms with Crippen LogP contribution >= 0.6 is 0 Å². The van der Waals surface area contributed by atoms with E-state index in [1.807, 2.05) is 0 Å². The van der Waals surface area contributed by atoms with Gasteiger partial charge < -0.3 is 9.30 Å². The Morgan fingerprint density at radius 3 is 2.40 bits per heavy atom. The van der Waals surface area contributed by atoms with Gasteiger partial charge in [-0.2, -0.15) is 17.5 Å². The molecular formula is C25H23F3N2O4S. The molecule has 3 heterocycles. The Morgan fingerprint density at radius 1 is 0.971 bits per heavy atom. The number of hydrogen-bond acceptors (Lipinski definition) is 4. The minimum Gasteiger partial charge on any atom is -0.497 e. The number of nitrogens with zero attached hydrogens (tertiary/aromatic N) is 2. The normalized spacial score (nSPS) is 20.3. The van der Waals surface area contributed by atoms with E-state index in [9.17, 15) is 26.4 Å². The van der Waals surface area contributed by atoms with Crippen LogP contribution < -0.4 is 10.3 Å². The van der Waals surface area contributed by atoms with Crippen molar-refractivity contribution < 1.29 is 26.3 Å². The van der Waals surface area contributed by atoms with Crippen LogP contribution in [0.5, 0.6) is 5.75 Å². The molecule has 0 amide bonds. The molecule has 0 spiro atoms. The molecule has 184 valence electrons. The molecule has 2 aliphatic rings. The van der Waals surface area contributed by atoms with E-state index in [0.29, 0.717) is 18.0 Å². The van der Waals surface area contributed by atoms with Crippen molar-refractivity contribution >= 4 is 10.0 Å². The Labute approximate surface area is 200 Å². The smallest absolute Gasteiger partial charge is 0.416 e. The molecule has 1 aromatic heterocycles. The lowest BCUT2D eigenvalue weighted by molar-refractivity contribution is -0.137. The zero-order valence-corrected chi connectivity index (χ0v) is 19.6. The molecule has 2 atom stereocenters. The van der Waals surface area contributed by atoms with Crippen LogP contribution in [0.4, 0.5) is 13.2 Å². The number of fused-ring (bicyclic) bond motifs is 4. The quantitative estimate of drug-likeness (QED) is 0.530. The van der Waals surface area contributed by atoms with Crippen LogP contribution in [-0.2, 0) is 22.7 Å². The molecule has 1 fully saturated rings. The zero-order chi connectivity index (χ0) is 25.0. The summed E-state index contributed by atoms with van der Waals surface area (Å²) in [6.07, 6.45) is -3.76. The third-order valence-corrected chi connectivity index (χ3v) is 8.61. The van der Waals surface area contributed by atoms with Gasteiger partial charge >= 0.3 is 6.18 Å². The van der Waals surface area contributed by atoms with Crippen molar-refractivity contribution in [3.05, 3.63) is 82.3 Å². The number of halogens is 3. The first kappa shape index (κ1) is 23.6. The van der Waals surface area contributed by atoms with Crippen molar-refractivity contribution in [1.82, 2.24) is 8.87 Å². The first-order chi connectivity index (χ1) is 16.6. The Balaban J connectivity index is 1.46. The number of alkyl halides is 3. The van der Waals surface area contributed by atoms with E-state index in [-0.39, 0.29) is 46.5 Å². The summed E-state index contributed by atoms with van der Waals surface area (Å²) in [5.74, 6) is 0.298. The highest BCUT2D eigenvalue weighted by molar-refractivity contribution is 7.89. The van der Waals surface area contributed by atoms with Gasteiger partial charge in [0.05, 0.1) is 17.6 Å². The van der Waals surface area contributed by atoms with Crippen molar-refractivity contribution in [1.29, 1.82) is 0 Å². The number of hydrogen-bond donors (Lipinski definition) is 0. The minimum absolute atomic E-state index is 0.0799. The Hall–Kier alpha value is -3.11. The second-order valence-corrected chi connectivity index (χ2v) is 10.9. The molecule has 2 aromatic carbocycles. The minimum atomic E-state index is -4.50. The van der Waals surface area contributed by atoms with E-state index in [2.05, 4.69) is 0 Å². The fraction of sp³-hybridized carbons (Fsp3) is 0.320. The molecule has 0 unspecified atom stereocenters. The van der Waals surface area contributed by atoms with Crippen molar-refractivity contribution in [2.24, 2.45) is 5.92 Å². The molecule has 2 aliphatic heterocycles. The number of rotatable bonds is 4. The summed E-state index contributed by atoms with van der Waals surface area (Å²) in [6, 6.07) is 14.2. The summed E-state index contributed by atoms with van der Waals surface area (Å²) in [7, 11) is -2.22. The molecule has 0 aliphatic carbocycles. The van der Waals surface area contributed by atoms with Gasteiger partial charge in [0, 0.05) is 36.8 Å². The van der Waals surface area contributed by atoms with E-state index < -0.39 is 21.8 Å². The lowest BCUT2D eigenvalue weighted by atomic mass is 9.84. The average Bonchev–Trinajstić information content (AvgIpc) is 2.84. The first-order valence-corrected chi connectivity index (χ1v) is 12.6. The number of benzene rings is 2. The molecule has 6 nitrogen and oxygen atoms in total. The molecular weight excluding hydrogens is 481 g/mol. The second-order valence-electron chi connectivity index (χ2n) is 8.96. The molecule has 0 N–H and O–H groups in total. The summed E-state index contributed by atoms with van der Waals surface area (Å²) in [4.78, 5) is 13.5. The van der Waals surface area contributed by atoms with Gasteiger partial charge in [-0.15, -0.1) is 0 Å². The van der Waals surface area contributed by atoms with E-state index in [1.54, 1.807) is 28.8 Å². The number of sulfonamides is 1. The Kier molecular flexibility index (Phi) is 5.76. The number of aromatic nitrogens is 1. The lowest BCUT2D eigenvalue weighted by Crippen LogP contribution is -2.49. The topological polar surface area (TPSA) is 68.6 Å². The van der Waals surface area contributed by atoms with Crippen molar-refractivity contribution in [3.8, 4) is 16.9 Å². The van der Waals surface area contributed by atoms with Crippen molar-refractivity contribution in [3.63, 3.8) is 0 Å². The third kappa shape index (κ3) is 4.25. The van der Waals surface area contributed by atoms with Crippen LogP contribution in [0.15, 0.2) is 70.4 Å². The van der Waals surface area contributed by atoms with E-state index in [1.165, 1.54) is 35.7 Å². The van der Waals surface area contributed by atoms with Crippen LogP contribution in [0, 0.1) is 5.92 Å². The van der Waals surface area contributed by atoms with Crippen LogP contribution in [0.2, 0.25) is 0 Å². The standard InChI is InChI=1S/C25H23F3N2O4S/c1-34-20-5-7-21(8-6-20)35(32,33)29-13-16-11-18(15-29)23-10-9-22(24(31)30(23)14-16)17-3-2-4-19(12-17)25(26,27)28/h2-10,12,16,18H,11,13-15H2,1H3/t16-,18+/m0/s1. The zero-order valence-electron chi connectivity index (χ0n) is 18.8. The van der Waals surface area contributed by atoms with E-state index in [4.69, 9.17) is 4.74 Å². The highest BCUT2D eigenvalue weighted by Gasteiger charge is 2.40. The van der Waals surface area contributed by atoms with Gasteiger partial charge in [-0.3, -0.25) is 4.79 Å². The van der Waals surface area contributed by atoms with Gasteiger partial charge in [0.1, 0.15) is 5.75 Å². The Morgan fingerprint density at radius 2 is 1.71 bits per heavy atom. The summed E-state index contributed by atoms with van der Waals surface area (Å²) >= 11 is 0. The maximum atomic E-state index is 13.3. The molecule has 0 radical (unpaired) electrons. The van der Waals surface area contributed by atoms with Gasteiger partial charge in [-0.1, -0.05) is 12.1 Å². The number of pyridine rings is 1. The predicted octanol–water partition coefficient (Wildman–Crippen LogP) is 4.35. The maximum absolute atomic E-state index is 13.3. The number of methoxy groups -OCH3 is 1. The SMILES string of the molecule is COc1ccc(S(=O)(=O)N2C[C@@H]3C[C@H](C2)c2ccc(-c4cccc(C(F)(F)F)c4)c(=O)n2C3)cc1. The molecule has 3 aromatic rings. The molecule has 0 saturated carbocycles. The van der Waals surface area contributed by atoms with Gasteiger partial charge in [-0.05, 0) is 66.4 Å². The van der Waals surface area contributed by atoms with Crippen LogP contribution in [0.1, 0.15) is 23.6 Å². The largest absolute Gasteiger partial charge is 0.497 e. The van der Waals surface area contributed by atoms with Gasteiger partial charge in [0.2, 0.25) is 10.0 Å². The fourth-order valence-corrected chi connectivity index (χ4v) is 6.64.